The van der Waals surface area contributed by atoms with E-state index in [0.29, 0.717) is 31.1 Å². The first-order valence-electron chi connectivity index (χ1n) is 13.4. The van der Waals surface area contributed by atoms with Crippen LogP contribution in [0.3, 0.4) is 0 Å². The molecule has 2 fully saturated rings. The zero-order valence-electron chi connectivity index (χ0n) is 21.9. The third-order valence-corrected chi connectivity index (χ3v) is 13.4. The summed E-state index contributed by atoms with van der Waals surface area (Å²) in [5.41, 5.74) is 1.79. The van der Waals surface area contributed by atoms with Gasteiger partial charge in [0.1, 0.15) is 5.69 Å². The summed E-state index contributed by atoms with van der Waals surface area (Å²) in [5, 5.41) is 6.22. The maximum Gasteiger partial charge on any atom is 0.356 e. The topological polar surface area (TPSA) is 62.6 Å². The summed E-state index contributed by atoms with van der Waals surface area (Å²) in [6, 6.07) is 12.8. The molecule has 35 heavy (non-hydrogen) atoms. The van der Waals surface area contributed by atoms with Crippen LogP contribution in [0.1, 0.15) is 101 Å². The monoisotopic (exact) mass is 498 g/mol. The van der Waals surface area contributed by atoms with E-state index < -0.39 is 8.32 Å². The van der Waals surface area contributed by atoms with Gasteiger partial charge in [-0.1, -0.05) is 83.2 Å². The predicted octanol–water partition coefficient (Wildman–Crippen LogP) is 6.26. The van der Waals surface area contributed by atoms with Gasteiger partial charge in [-0.2, -0.15) is 5.10 Å². The molecule has 1 saturated heterocycles. The van der Waals surface area contributed by atoms with Crippen LogP contribution in [-0.4, -0.2) is 37.3 Å². The lowest BCUT2D eigenvalue weighted by Crippen LogP contribution is -2.61. The summed E-state index contributed by atoms with van der Waals surface area (Å²) in [5.74, 6) is -0.352. The second-order valence-electron chi connectivity index (χ2n) is 11.0. The summed E-state index contributed by atoms with van der Waals surface area (Å²) in [7, 11) is -2.44. The van der Waals surface area contributed by atoms with E-state index in [1.165, 1.54) is 37.3 Å². The minimum Gasteiger partial charge on any atom is -0.461 e. The fourth-order valence-electron chi connectivity index (χ4n) is 6.09. The molecule has 2 unspecified atom stereocenters. The highest BCUT2D eigenvalue weighted by atomic mass is 28.4. The predicted molar refractivity (Wildman–Crippen MR) is 140 cm³/mol. The van der Waals surface area contributed by atoms with Gasteiger partial charge in [0.15, 0.2) is 6.23 Å². The van der Waals surface area contributed by atoms with Crippen molar-refractivity contribution in [1.29, 1.82) is 0 Å². The molecule has 1 aromatic heterocycles. The van der Waals surface area contributed by atoms with Crippen LogP contribution in [0.4, 0.5) is 0 Å². The lowest BCUT2D eigenvalue weighted by molar-refractivity contribution is -0.0420. The zero-order chi connectivity index (χ0) is 24.9. The summed E-state index contributed by atoms with van der Waals surface area (Å²) in [6.45, 7) is 10.3. The Balaban J connectivity index is 1.68. The van der Waals surface area contributed by atoms with Crippen molar-refractivity contribution in [2.45, 2.75) is 102 Å². The van der Waals surface area contributed by atoms with Gasteiger partial charge in [0.25, 0.3) is 0 Å². The van der Waals surface area contributed by atoms with E-state index in [2.05, 4.69) is 51.1 Å². The highest BCUT2D eigenvalue weighted by Crippen LogP contribution is 2.50. The minimum atomic E-state index is -2.44. The lowest BCUT2D eigenvalue weighted by Gasteiger charge is -2.49. The maximum atomic E-state index is 12.8. The Labute approximate surface area is 211 Å². The minimum absolute atomic E-state index is 0.00930. The van der Waals surface area contributed by atoms with Crippen LogP contribution in [0, 0.1) is 0 Å². The Bertz CT molecular complexity index is 959. The van der Waals surface area contributed by atoms with Gasteiger partial charge in [-0.05, 0) is 48.0 Å². The maximum absolute atomic E-state index is 12.8. The molecule has 2 atom stereocenters. The molecule has 4 rings (SSSR count). The molecule has 0 bridgehead atoms. The van der Waals surface area contributed by atoms with E-state index in [1.807, 2.05) is 13.0 Å². The number of carbonyl (C=O) groups excluding carboxylic acids is 1. The molecule has 0 amide bonds. The third-order valence-electron chi connectivity index (χ3n) is 7.64. The molecule has 2 heterocycles. The lowest BCUT2D eigenvalue weighted by atomic mass is 10.0. The smallest absolute Gasteiger partial charge is 0.356 e. The molecular weight excluding hydrogens is 456 g/mol. The fourth-order valence-corrected chi connectivity index (χ4v) is 11.8. The second kappa shape index (κ2) is 11.4. The summed E-state index contributed by atoms with van der Waals surface area (Å²) in [4.78, 5) is 12.8. The van der Waals surface area contributed by atoms with Gasteiger partial charge in [-0.15, -0.1) is 0 Å². The Hall–Kier alpha value is -1.96. The normalized spacial score (nSPS) is 21.4. The standard InChI is InChI=1S/C28H42N2O4Si/c1-5-32-27(31)25-20-22(29-30(25)26-18-12-13-19-33-26)21-34-35(28(2,3)4,23-14-8-6-9-15-23)24-16-10-7-11-17-24/h6,8-9,14-15,20,24,26H,5,7,10-13,16-19,21H2,1-4H3. The van der Waals surface area contributed by atoms with Crippen LogP contribution in [-0.2, 0) is 20.5 Å². The molecule has 2 aliphatic rings. The Kier molecular flexibility index (Phi) is 8.50. The number of hydrogen-bond acceptors (Lipinski definition) is 5. The molecule has 1 aromatic carbocycles. The Morgan fingerprint density at radius 3 is 2.43 bits per heavy atom. The quantitative estimate of drug-likeness (QED) is 0.317. The summed E-state index contributed by atoms with van der Waals surface area (Å²) >= 11 is 0. The van der Waals surface area contributed by atoms with Crippen LogP contribution in [0.5, 0.6) is 0 Å². The van der Waals surface area contributed by atoms with Crippen molar-refractivity contribution < 1.29 is 18.7 Å². The number of nitrogens with zero attached hydrogens (tertiary/aromatic N) is 2. The second-order valence-corrected chi connectivity index (χ2v) is 15.6. The van der Waals surface area contributed by atoms with Crippen molar-refractivity contribution in [1.82, 2.24) is 9.78 Å². The molecule has 0 N–H and O–H groups in total. The van der Waals surface area contributed by atoms with Gasteiger partial charge < -0.3 is 13.9 Å². The van der Waals surface area contributed by atoms with Gasteiger partial charge in [-0.25, -0.2) is 9.48 Å². The van der Waals surface area contributed by atoms with E-state index in [-0.39, 0.29) is 17.2 Å². The Morgan fingerprint density at radius 2 is 1.80 bits per heavy atom. The molecule has 2 aromatic rings. The van der Waals surface area contributed by atoms with Gasteiger partial charge in [0, 0.05) is 6.61 Å². The summed E-state index contributed by atoms with van der Waals surface area (Å²) < 4.78 is 20.2. The van der Waals surface area contributed by atoms with E-state index in [9.17, 15) is 4.79 Å². The number of aromatic nitrogens is 2. The van der Waals surface area contributed by atoms with Crippen LogP contribution in [0.2, 0.25) is 10.6 Å². The number of esters is 1. The first kappa shape index (κ1) is 26.1. The van der Waals surface area contributed by atoms with Crippen molar-refractivity contribution in [2.24, 2.45) is 0 Å². The number of hydrogen-bond donors (Lipinski definition) is 0. The van der Waals surface area contributed by atoms with Crippen molar-refractivity contribution >= 4 is 19.5 Å². The molecule has 7 heteroatoms. The van der Waals surface area contributed by atoms with Crippen LogP contribution >= 0.6 is 0 Å². The van der Waals surface area contributed by atoms with Crippen LogP contribution in [0.25, 0.3) is 0 Å². The highest BCUT2D eigenvalue weighted by Gasteiger charge is 2.54. The van der Waals surface area contributed by atoms with Crippen LogP contribution < -0.4 is 5.19 Å². The number of benzene rings is 1. The molecule has 192 valence electrons. The first-order valence-corrected chi connectivity index (χ1v) is 15.4. The SMILES string of the molecule is CCOC(=O)c1cc(CO[Si](c2ccccc2)(C2CCCCC2)C(C)(C)C)nn1C1CCCCO1. The molecule has 6 nitrogen and oxygen atoms in total. The number of rotatable bonds is 8. The van der Waals surface area contributed by atoms with Gasteiger partial charge in [0.2, 0.25) is 8.32 Å². The molecule has 1 saturated carbocycles. The summed E-state index contributed by atoms with van der Waals surface area (Å²) in [6.07, 6.45) is 9.02. The molecule has 0 spiro atoms. The third kappa shape index (κ3) is 5.57. The molecule has 1 aliphatic heterocycles. The Morgan fingerprint density at radius 1 is 1.09 bits per heavy atom. The molecular formula is C28H42N2O4Si. The average Bonchev–Trinajstić information content (AvgIpc) is 3.30. The number of carbonyl (C=O) groups is 1. The highest BCUT2D eigenvalue weighted by molar-refractivity contribution is 6.90. The van der Waals surface area contributed by atoms with E-state index >= 15 is 0 Å². The number of ether oxygens (including phenoxy) is 2. The van der Waals surface area contributed by atoms with Crippen molar-refractivity contribution in [3.63, 3.8) is 0 Å². The van der Waals surface area contributed by atoms with Gasteiger partial charge in [0.05, 0.1) is 18.9 Å². The first-order chi connectivity index (χ1) is 16.9. The van der Waals surface area contributed by atoms with Crippen molar-refractivity contribution in [3.8, 4) is 0 Å². The molecule has 0 radical (unpaired) electrons. The van der Waals surface area contributed by atoms with E-state index in [1.54, 1.807) is 4.68 Å². The fraction of sp³-hybridized carbons (Fsp3) is 0.643. The van der Waals surface area contributed by atoms with E-state index in [0.717, 1.165) is 25.0 Å². The van der Waals surface area contributed by atoms with Crippen LogP contribution in [0.15, 0.2) is 36.4 Å². The largest absolute Gasteiger partial charge is 0.461 e. The van der Waals surface area contributed by atoms with Gasteiger partial charge in [-0.3, -0.25) is 0 Å². The van der Waals surface area contributed by atoms with E-state index in [4.69, 9.17) is 19.0 Å². The zero-order valence-corrected chi connectivity index (χ0v) is 22.9. The average molecular weight is 499 g/mol. The molecule has 1 aliphatic carbocycles. The van der Waals surface area contributed by atoms with Gasteiger partial charge >= 0.3 is 5.97 Å². The van der Waals surface area contributed by atoms with Crippen molar-refractivity contribution in [3.05, 3.63) is 47.8 Å². The van der Waals surface area contributed by atoms with Crippen molar-refractivity contribution in [2.75, 3.05) is 13.2 Å².